The number of benzene rings is 2. The van der Waals surface area contributed by atoms with E-state index in [0.29, 0.717) is 49.1 Å². The zero-order chi connectivity index (χ0) is 31.2. The number of aryl methyl sites for hydroxylation is 1. The summed E-state index contributed by atoms with van der Waals surface area (Å²) in [6.07, 6.45) is 8.60. The standard InChI is InChI=1S/C35H43ClN2O6/c1-3-27-32(40)37(2)16-5-4-8-30(39)26-12-9-23(26)19-38-20-34(15-6-7-22-17-25(36)11-13-28(22)34)21-44-31-14-10-24(18-29(31)38)35(27,43)33(41)42/h4,8,10-11,13-14,17-18,23,26-27,30,39,43H,3,5-7,9,12,15-16,19-21H2,1-2H3,(H,41,42)/b8-4-/t23-,26+,27+,30-,34-,35+/m0/s1. The molecule has 8 nitrogen and oxygen atoms in total. The number of amides is 1. The van der Waals surface area contributed by atoms with E-state index in [1.165, 1.54) is 16.0 Å². The lowest BCUT2D eigenvalue weighted by Crippen LogP contribution is -2.51. The summed E-state index contributed by atoms with van der Waals surface area (Å²) in [5, 5.41) is 34.3. The Kier molecular flexibility index (Phi) is 8.46. The number of halogens is 1. The van der Waals surface area contributed by atoms with Crippen molar-refractivity contribution in [2.75, 3.05) is 38.2 Å². The van der Waals surface area contributed by atoms with Crippen LogP contribution >= 0.6 is 11.6 Å². The average molecular weight is 623 g/mol. The molecule has 4 aliphatic rings. The number of carbonyl (C=O) groups excluding carboxylic acids is 1. The molecule has 2 aromatic carbocycles. The Morgan fingerprint density at radius 3 is 2.73 bits per heavy atom. The summed E-state index contributed by atoms with van der Waals surface area (Å²) in [6.45, 7) is 3.82. The van der Waals surface area contributed by atoms with Gasteiger partial charge in [-0.2, -0.15) is 0 Å². The number of carboxylic acids is 1. The van der Waals surface area contributed by atoms with Gasteiger partial charge in [-0.25, -0.2) is 4.79 Å². The van der Waals surface area contributed by atoms with Crippen LogP contribution in [0.15, 0.2) is 48.6 Å². The van der Waals surface area contributed by atoms with E-state index in [9.17, 15) is 24.9 Å². The topological polar surface area (TPSA) is 111 Å². The number of aliphatic hydroxyl groups is 2. The monoisotopic (exact) mass is 622 g/mol. The van der Waals surface area contributed by atoms with Gasteiger partial charge in [0.25, 0.3) is 0 Å². The quantitative estimate of drug-likeness (QED) is 0.408. The summed E-state index contributed by atoms with van der Waals surface area (Å²) < 4.78 is 6.58. The predicted molar refractivity (Wildman–Crippen MR) is 169 cm³/mol. The number of anilines is 1. The molecule has 0 radical (unpaired) electrons. The van der Waals surface area contributed by atoms with E-state index in [2.05, 4.69) is 17.0 Å². The second-order valence-corrected chi connectivity index (χ2v) is 13.7. The largest absolute Gasteiger partial charge is 0.490 e. The van der Waals surface area contributed by atoms with Gasteiger partial charge in [0.15, 0.2) is 5.60 Å². The number of aliphatic carboxylic acids is 1. The third-order valence-electron chi connectivity index (χ3n) is 10.7. The lowest BCUT2D eigenvalue weighted by Gasteiger charge is -2.45. The van der Waals surface area contributed by atoms with Crippen molar-refractivity contribution in [3.8, 4) is 5.75 Å². The molecule has 2 aromatic rings. The number of nitrogens with zero attached hydrogens (tertiary/aromatic N) is 2. The molecule has 1 spiro atoms. The maximum Gasteiger partial charge on any atom is 0.341 e. The molecule has 9 heteroatoms. The highest BCUT2D eigenvalue weighted by molar-refractivity contribution is 6.30. The van der Waals surface area contributed by atoms with Crippen LogP contribution in [0.4, 0.5) is 5.69 Å². The average Bonchev–Trinajstić information content (AvgIpc) is 3.13. The highest BCUT2D eigenvalue weighted by Crippen LogP contribution is 2.48. The van der Waals surface area contributed by atoms with Crippen molar-refractivity contribution in [2.45, 2.75) is 69.0 Å². The van der Waals surface area contributed by atoms with Crippen LogP contribution in [-0.4, -0.2) is 71.5 Å². The Labute approximate surface area is 264 Å². The van der Waals surface area contributed by atoms with Crippen LogP contribution in [0.1, 0.15) is 62.1 Å². The Hall–Kier alpha value is -3.07. The number of hydrogen-bond donors (Lipinski definition) is 3. The first kappa shape index (κ1) is 30.9. The third kappa shape index (κ3) is 5.29. The van der Waals surface area contributed by atoms with Crippen molar-refractivity contribution < 1.29 is 29.6 Å². The zero-order valence-corrected chi connectivity index (χ0v) is 26.3. The summed E-state index contributed by atoms with van der Waals surface area (Å²) in [5.74, 6) is -2.13. The summed E-state index contributed by atoms with van der Waals surface area (Å²) in [4.78, 5) is 30.3. The molecule has 6 rings (SSSR count). The van der Waals surface area contributed by atoms with Gasteiger partial charge >= 0.3 is 5.97 Å². The Morgan fingerprint density at radius 2 is 2.00 bits per heavy atom. The molecule has 2 aliphatic heterocycles. The van der Waals surface area contributed by atoms with Gasteiger partial charge in [-0.05, 0) is 97.7 Å². The molecule has 0 unspecified atom stereocenters. The van der Waals surface area contributed by atoms with Crippen molar-refractivity contribution in [3.63, 3.8) is 0 Å². The summed E-state index contributed by atoms with van der Waals surface area (Å²) in [5.41, 5.74) is 0.575. The molecule has 44 heavy (non-hydrogen) atoms. The van der Waals surface area contributed by atoms with E-state index in [1.54, 1.807) is 32.2 Å². The number of ether oxygens (including phenoxy) is 1. The maximum absolute atomic E-state index is 13.6. The summed E-state index contributed by atoms with van der Waals surface area (Å²) >= 11 is 6.40. The van der Waals surface area contributed by atoms with Crippen molar-refractivity contribution in [1.82, 2.24) is 4.90 Å². The smallest absolute Gasteiger partial charge is 0.341 e. The summed E-state index contributed by atoms with van der Waals surface area (Å²) in [7, 11) is 1.63. The minimum absolute atomic E-state index is 0.100. The molecule has 2 aliphatic carbocycles. The minimum atomic E-state index is -2.43. The number of carboxylic acid groups (broad SMARTS) is 1. The van der Waals surface area contributed by atoms with Crippen molar-refractivity contribution in [1.29, 1.82) is 0 Å². The van der Waals surface area contributed by atoms with Crippen molar-refractivity contribution >= 4 is 29.2 Å². The molecule has 1 saturated carbocycles. The SMILES string of the molecule is CC[C@@H]1C(=O)N(C)CC/C=C\[C@H](O)[C@@H]2CC[C@H]2CN2C[C@@]3(CCCc4cc(Cl)ccc43)COc3ccc(cc32)[C@]1(O)C(=O)O. The molecule has 3 N–H and O–H groups in total. The third-order valence-corrected chi connectivity index (χ3v) is 11.0. The van der Waals surface area contributed by atoms with Gasteiger partial charge < -0.3 is 29.9 Å². The highest BCUT2D eigenvalue weighted by Gasteiger charge is 2.51. The van der Waals surface area contributed by atoms with Crippen LogP contribution in [0.3, 0.4) is 0 Å². The zero-order valence-electron chi connectivity index (χ0n) is 25.5. The molecule has 0 saturated heterocycles. The van der Waals surface area contributed by atoms with E-state index in [4.69, 9.17) is 16.3 Å². The normalized spacial score (nSPS) is 33.0. The van der Waals surface area contributed by atoms with Crippen LogP contribution < -0.4 is 9.64 Å². The van der Waals surface area contributed by atoms with Gasteiger partial charge in [0.05, 0.1) is 24.3 Å². The number of rotatable bonds is 2. The van der Waals surface area contributed by atoms with Gasteiger partial charge in [-0.15, -0.1) is 0 Å². The van der Waals surface area contributed by atoms with Gasteiger partial charge in [0, 0.05) is 37.1 Å². The van der Waals surface area contributed by atoms with Gasteiger partial charge in [0.1, 0.15) is 5.75 Å². The molecule has 1 amide bonds. The first-order chi connectivity index (χ1) is 21.1. The number of aliphatic hydroxyl groups excluding tert-OH is 1. The molecule has 2 heterocycles. The second-order valence-electron chi connectivity index (χ2n) is 13.3. The van der Waals surface area contributed by atoms with Gasteiger partial charge in [0.2, 0.25) is 5.91 Å². The van der Waals surface area contributed by atoms with Crippen LogP contribution in [0, 0.1) is 17.8 Å². The fourth-order valence-electron chi connectivity index (χ4n) is 8.05. The molecular formula is C35H43ClN2O6. The molecule has 0 aromatic heterocycles. The van der Waals surface area contributed by atoms with Crippen LogP contribution in [0.25, 0.3) is 0 Å². The van der Waals surface area contributed by atoms with E-state index in [-0.39, 0.29) is 29.2 Å². The Morgan fingerprint density at radius 1 is 1.18 bits per heavy atom. The fraction of sp³-hybridized carbons (Fsp3) is 0.543. The Balaban J connectivity index is 1.49. The first-order valence-corrected chi connectivity index (χ1v) is 16.3. The Bertz CT molecular complexity index is 1460. The van der Waals surface area contributed by atoms with E-state index < -0.39 is 29.5 Å². The summed E-state index contributed by atoms with van der Waals surface area (Å²) in [6, 6.07) is 11.2. The lowest BCUT2D eigenvalue weighted by atomic mass is 9.68. The van der Waals surface area contributed by atoms with E-state index in [1.807, 2.05) is 18.2 Å². The maximum atomic E-state index is 13.6. The first-order valence-electron chi connectivity index (χ1n) is 15.9. The van der Waals surface area contributed by atoms with Crippen molar-refractivity contribution in [3.05, 3.63) is 70.3 Å². The van der Waals surface area contributed by atoms with Crippen LogP contribution in [-0.2, 0) is 27.0 Å². The van der Waals surface area contributed by atoms with E-state index >= 15 is 0 Å². The van der Waals surface area contributed by atoms with Crippen LogP contribution in [0.2, 0.25) is 5.02 Å². The fourth-order valence-corrected chi connectivity index (χ4v) is 8.25. The van der Waals surface area contributed by atoms with Gasteiger partial charge in [-0.3, -0.25) is 4.79 Å². The highest BCUT2D eigenvalue weighted by atomic mass is 35.5. The van der Waals surface area contributed by atoms with Gasteiger partial charge in [-0.1, -0.05) is 42.8 Å². The number of carbonyl (C=O) groups is 2. The second kappa shape index (κ2) is 12.0. The molecule has 6 atom stereocenters. The van der Waals surface area contributed by atoms with Crippen molar-refractivity contribution in [2.24, 2.45) is 17.8 Å². The number of hydrogen-bond acceptors (Lipinski definition) is 6. The van der Waals surface area contributed by atoms with E-state index in [0.717, 1.165) is 32.1 Å². The van der Waals surface area contributed by atoms with Crippen LogP contribution in [0.5, 0.6) is 5.75 Å². The number of fused-ring (bicyclic) bond motifs is 4. The molecular weight excluding hydrogens is 580 g/mol. The minimum Gasteiger partial charge on any atom is -0.490 e. The molecule has 1 fully saturated rings. The lowest BCUT2D eigenvalue weighted by molar-refractivity contribution is -0.173. The predicted octanol–water partition coefficient (Wildman–Crippen LogP) is 4.92. The molecule has 2 bridgehead atoms. The molecule has 236 valence electrons.